The van der Waals surface area contributed by atoms with Gasteiger partial charge >= 0.3 is 0 Å². The number of amides is 1. The second-order valence-corrected chi connectivity index (χ2v) is 10.00. The van der Waals surface area contributed by atoms with Crippen LogP contribution in [-0.4, -0.2) is 14.3 Å². The van der Waals surface area contributed by atoms with Crippen LogP contribution in [0.15, 0.2) is 77.7 Å². The molecule has 3 aromatic rings. The summed E-state index contributed by atoms with van der Waals surface area (Å²) in [7, 11) is -3.66. The normalized spacial score (nSPS) is 11.9. The molecule has 0 fully saturated rings. The number of para-hydroxylation sites is 1. The highest BCUT2D eigenvalue weighted by Gasteiger charge is 2.17. The van der Waals surface area contributed by atoms with Crippen LogP contribution in [0.3, 0.4) is 0 Å². The molecule has 0 unspecified atom stereocenters. The Bertz CT molecular complexity index is 1170. The first-order chi connectivity index (χ1) is 14.6. The summed E-state index contributed by atoms with van der Waals surface area (Å²) in [5.41, 5.74) is 2.12. The predicted molar refractivity (Wildman–Crippen MR) is 120 cm³/mol. The maximum atomic E-state index is 13.7. The molecule has 2 N–H and O–H groups in total. The summed E-state index contributed by atoms with van der Waals surface area (Å²) in [5.74, 6) is -0.964. The van der Waals surface area contributed by atoms with Crippen LogP contribution < -0.4 is 10.0 Å². The molecule has 3 rings (SSSR count). The van der Waals surface area contributed by atoms with Gasteiger partial charge in [-0.05, 0) is 52.9 Å². The van der Waals surface area contributed by atoms with Crippen molar-refractivity contribution in [2.24, 2.45) is 0 Å². The van der Waals surface area contributed by atoms with E-state index in [1.807, 2.05) is 12.1 Å². The minimum Gasteiger partial charge on any atom is -0.319 e. The van der Waals surface area contributed by atoms with Crippen LogP contribution in [0.1, 0.15) is 42.3 Å². The number of rotatable bonds is 6. The molecule has 7 heteroatoms. The van der Waals surface area contributed by atoms with Gasteiger partial charge in [0.1, 0.15) is 5.82 Å². The maximum absolute atomic E-state index is 13.7. The molecule has 162 valence electrons. The van der Waals surface area contributed by atoms with E-state index in [1.165, 1.54) is 12.1 Å². The number of halogens is 1. The van der Waals surface area contributed by atoms with Crippen LogP contribution in [0.2, 0.25) is 0 Å². The molecule has 0 bridgehead atoms. The third kappa shape index (κ3) is 5.77. The van der Waals surface area contributed by atoms with Crippen LogP contribution in [-0.2, 0) is 22.0 Å². The van der Waals surface area contributed by atoms with Crippen molar-refractivity contribution in [3.8, 4) is 0 Å². The van der Waals surface area contributed by atoms with Crippen molar-refractivity contribution in [3.05, 3.63) is 95.3 Å². The van der Waals surface area contributed by atoms with Gasteiger partial charge in [0.2, 0.25) is 10.0 Å². The van der Waals surface area contributed by atoms with Gasteiger partial charge in [0, 0.05) is 12.1 Å². The quantitative estimate of drug-likeness (QED) is 0.575. The Labute approximate surface area is 182 Å². The Morgan fingerprint density at radius 3 is 2.10 bits per heavy atom. The number of carbonyl (C=O) groups excluding carboxylic acids is 1. The second-order valence-electron chi connectivity index (χ2n) is 8.23. The highest BCUT2D eigenvalue weighted by molar-refractivity contribution is 7.89. The van der Waals surface area contributed by atoms with Gasteiger partial charge in [0.15, 0.2) is 0 Å². The highest BCUT2D eigenvalue weighted by atomic mass is 32.2. The smallest absolute Gasteiger partial charge is 0.255 e. The standard InChI is InChI=1S/C24H25FN2O3S/c1-24(2,3)19-12-14-20(15-13-19)31(29,30)26-16-17-8-10-18(11-9-17)23(28)27-22-7-5-4-6-21(22)25/h4-15,26H,16H2,1-3H3,(H,27,28). The van der Waals surface area contributed by atoms with Gasteiger partial charge in [0.05, 0.1) is 10.6 Å². The van der Waals surface area contributed by atoms with E-state index in [1.54, 1.807) is 48.5 Å². The lowest BCUT2D eigenvalue weighted by Gasteiger charge is -2.19. The van der Waals surface area contributed by atoms with E-state index in [-0.39, 0.29) is 22.5 Å². The summed E-state index contributed by atoms with van der Waals surface area (Å²) < 4.78 is 41.4. The molecule has 0 saturated carbocycles. The van der Waals surface area contributed by atoms with E-state index in [9.17, 15) is 17.6 Å². The van der Waals surface area contributed by atoms with E-state index >= 15 is 0 Å². The number of nitrogens with one attached hydrogen (secondary N) is 2. The van der Waals surface area contributed by atoms with Crippen LogP contribution in [0.25, 0.3) is 0 Å². The SMILES string of the molecule is CC(C)(C)c1ccc(S(=O)(=O)NCc2ccc(C(=O)Nc3ccccc3F)cc2)cc1. The Kier molecular flexibility index (Phi) is 6.57. The topological polar surface area (TPSA) is 75.3 Å². The van der Waals surface area contributed by atoms with Crippen molar-refractivity contribution in [1.82, 2.24) is 4.72 Å². The first kappa shape index (κ1) is 22.7. The molecule has 0 aliphatic rings. The van der Waals surface area contributed by atoms with E-state index in [2.05, 4.69) is 30.8 Å². The molecule has 0 aliphatic carbocycles. The van der Waals surface area contributed by atoms with Gasteiger partial charge < -0.3 is 5.32 Å². The molecular formula is C24H25FN2O3S. The van der Waals surface area contributed by atoms with Crippen molar-refractivity contribution in [2.75, 3.05) is 5.32 Å². The first-order valence-electron chi connectivity index (χ1n) is 9.81. The lowest BCUT2D eigenvalue weighted by atomic mass is 9.87. The molecule has 0 radical (unpaired) electrons. The maximum Gasteiger partial charge on any atom is 0.255 e. The largest absolute Gasteiger partial charge is 0.319 e. The molecule has 3 aromatic carbocycles. The zero-order chi connectivity index (χ0) is 22.6. The third-order valence-corrected chi connectivity index (χ3v) is 6.25. The number of sulfonamides is 1. The molecule has 1 amide bonds. The van der Waals surface area contributed by atoms with Crippen molar-refractivity contribution in [3.63, 3.8) is 0 Å². The lowest BCUT2D eigenvalue weighted by Crippen LogP contribution is -2.23. The summed E-state index contributed by atoms with van der Waals surface area (Å²) in [6.45, 7) is 6.28. The monoisotopic (exact) mass is 440 g/mol. The fourth-order valence-corrected chi connectivity index (χ4v) is 3.94. The summed E-state index contributed by atoms with van der Waals surface area (Å²) >= 11 is 0. The average Bonchev–Trinajstić information content (AvgIpc) is 2.74. The summed E-state index contributed by atoms with van der Waals surface area (Å²) in [6, 6.07) is 19.2. The van der Waals surface area contributed by atoms with Gasteiger partial charge in [0.25, 0.3) is 5.91 Å². The lowest BCUT2D eigenvalue weighted by molar-refractivity contribution is 0.102. The molecule has 31 heavy (non-hydrogen) atoms. The first-order valence-corrected chi connectivity index (χ1v) is 11.3. The van der Waals surface area contributed by atoms with Gasteiger partial charge in [-0.2, -0.15) is 0 Å². The summed E-state index contributed by atoms with van der Waals surface area (Å²) in [5, 5.41) is 2.51. The number of benzene rings is 3. The Morgan fingerprint density at radius 1 is 0.903 bits per heavy atom. The highest BCUT2D eigenvalue weighted by Crippen LogP contribution is 2.23. The van der Waals surface area contributed by atoms with Crippen molar-refractivity contribution in [2.45, 2.75) is 37.6 Å². The Balaban J connectivity index is 1.63. The second kappa shape index (κ2) is 8.99. The van der Waals surface area contributed by atoms with Gasteiger partial charge in [-0.25, -0.2) is 17.5 Å². The third-order valence-electron chi connectivity index (χ3n) is 4.84. The van der Waals surface area contributed by atoms with E-state index in [0.717, 1.165) is 5.56 Å². The minimum atomic E-state index is -3.66. The number of anilines is 1. The van der Waals surface area contributed by atoms with Gasteiger partial charge in [-0.3, -0.25) is 4.79 Å². The van der Waals surface area contributed by atoms with Crippen molar-refractivity contribution < 1.29 is 17.6 Å². The molecule has 0 spiro atoms. The number of hydrogen-bond acceptors (Lipinski definition) is 3. The van der Waals surface area contributed by atoms with E-state index in [0.29, 0.717) is 11.1 Å². The molecule has 0 aromatic heterocycles. The summed E-state index contributed by atoms with van der Waals surface area (Å²) in [4.78, 5) is 12.5. The van der Waals surface area contributed by atoms with E-state index in [4.69, 9.17) is 0 Å². The average molecular weight is 441 g/mol. The van der Waals surface area contributed by atoms with Crippen LogP contribution in [0, 0.1) is 5.82 Å². The molecular weight excluding hydrogens is 415 g/mol. The van der Waals surface area contributed by atoms with Crippen LogP contribution in [0.4, 0.5) is 10.1 Å². The Morgan fingerprint density at radius 2 is 1.52 bits per heavy atom. The zero-order valence-corrected chi connectivity index (χ0v) is 18.5. The molecule has 0 saturated heterocycles. The van der Waals surface area contributed by atoms with Crippen LogP contribution >= 0.6 is 0 Å². The summed E-state index contributed by atoms with van der Waals surface area (Å²) in [6.07, 6.45) is 0. The van der Waals surface area contributed by atoms with E-state index < -0.39 is 21.7 Å². The fraction of sp³-hybridized carbons (Fsp3) is 0.208. The van der Waals surface area contributed by atoms with Crippen molar-refractivity contribution in [1.29, 1.82) is 0 Å². The van der Waals surface area contributed by atoms with Crippen LogP contribution in [0.5, 0.6) is 0 Å². The Hall–Kier alpha value is -3.03. The van der Waals surface area contributed by atoms with Gasteiger partial charge in [-0.15, -0.1) is 0 Å². The fourth-order valence-electron chi connectivity index (χ4n) is 2.93. The van der Waals surface area contributed by atoms with Gasteiger partial charge in [-0.1, -0.05) is 57.2 Å². The zero-order valence-electron chi connectivity index (χ0n) is 17.6. The predicted octanol–water partition coefficient (Wildman–Crippen LogP) is 4.85. The number of carbonyl (C=O) groups is 1. The molecule has 5 nitrogen and oxygen atoms in total. The molecule has 0 atom stereocenters. The molecule has 0 aliphatic heterocycles. The molecule has 0 heterocycles. The minimum absolute atomic E-state index is 0.0595. The number of hydrogen-bond donors (Lipinski definition) is 2. The van der Waals surface area contributed by atoms with Crippen molar-refractivity contribution >= 4 is 21.6 Å².